The molecule has 2 rings (SSSR count). The molecule has 0 saturated carbocycles. The fourth-order valence-corrected chi connectivity index (χ4v) is 2.34. The lowest BCUT2D eigenvalue weighted by molar-refractivity contribution is -0.141. The first-order valence-electron chi connectivity index (χ1n) is 8.62. The number of Topliss-reactive ketones (excluding diaryl/α,β-unsaturated/α-hetero) is 1. The van der Waals surface area contributed by atoms with E-state index in [0.717, 1.165) is 17.5 Å². The second-order valence-electron chi connectivity index (χ2n) is 6.12. The average Bonchev–Trinajstić information content (AvgIpc) is 2.62. The van der Waals surface area contributed by atoms with Crippen LogP contribution in [0.2, 0.25) is 0 Å². The van der Waals surface area contributed by atoms with E-state index in [4.69, 9.17) is 4.74 Å². The van der Waals surface area contributed by atoms with Gasteiger partial charge in [0.15, 0.2) is 12.4 Å². The van der Waals surface area contributed by atoms with Gasteiger partial charge in [-0.2, -0.15) is 0 Å². The van der Waals surface area contributed by atoms with Crippen LogP contribution in [0.25, 0.3) is 0 Å². The number of amides is 1. The van der Waals surface area contributed by atoms with Crippen molar-refractivity contribution in [3.63, 3.8) is 0 Å². The Morgan fingerprint density at radius 2 is 1.62 bits per heavy atom. The van der Waals surface area contributed by atoms with Gasteiger partial charge in [0.2, 0.25) is 5.91 Å². The molecule has 0 aliphatic rings. The fourth-order valence-electron chi connectivity index (χ4n) is 2.34. The zero-order valence-electron chi connectivity index (χ0n) is 15.1. The third-order valence-corrected chi connectivity index (χ3v) is 3.80. The van der Waals surface area contributed by atoms with E-state index in [1.165, 1.54) is 0 Å². The van der Waals surface area contributed by atoms with E-state index in [2.05, 4.69) is 5.32 Å². The molecule has 0 aliphatic heterocycles. The van der Waals surface area contributed by atoms with Gasteiger partial charge >= 0.3 is 5.97 Å². The summed E-state index contributed by atoms with van der Waals surface area (Å²) >= 11 is 0. The predicted octanol–water partition coefficient (Wildman–Crippen LogP) is 3.70. The summed E-state index contributed by atoms with van der Waals surface area (Å²) in [4.78, 5) is 35.5. The monoisotopic (exact) mass is 353 g/mol. The molecule has 0 saturated heterocycles. The van der Waals surface area contributed by atoms with E-state index in [-0.39, 0.29) is 24.7 Å². The van der Waals surface area contributed by atoms with Gasteiger partial charge in [0.25, 0.3) is 0 Å². The number of benzene rings is 2. The molecule has 1 N–H and O–H groups in total. The Bertz CT molecular complexity index is 764. The molecule has 0 heterocycles. The van der Waals surface area contributed by atoms with Gasteiger partial charge in [0, 0.05) is 17.7 Å². The minimum Gasteiger partial charge on any atom is -0.457 e. The van der Waals surface area contributed by atoms with Crippen LogP contribution in [0, 0.1) is 6.92 Å². The molecule has 136 valence electrons. The number of ether oxygens (including phenoxy) is 1. The Hall–Kier alpha value is -2.95. The highest BCUT2D eigenvalue weighted by Gasteiger charge is 2.11. The molecule has 1 amide bonds. The van der Waals surface area contributed by atoms with Crippen LogP contribution in [0.4, 0.5) is 5.69 Å². The van der Waals surface area contributed by atoms with Crippen molar-refractivity contribution in [3.05, 3.63) is 65.2 Å². The summed E-state index contributed by atoms with van der Waals surface area (Å²) in [6.45, 7) is 3.61. The summed E-state index contributed by atoms with van der Waals surface area (Å²) in [5.74, 6) is -0.782. The molecule has 0 spiro atoms. The normalized spacial score (nSPS) is 10.2. The number of rotatable bonds is 8. The second-order valence-corrected chi connectivity index (χ2v) is 6.12. The van der Waals surface area contributed by atoms with Crippen LogP contribution in [-0.2, 0) is 20.7 Å². The Labute approximate surface area is 153 Å². The van der Waals surface area contributed by atoms with Crippen molar-refractivity contribution in [1.29, 1.82) is 0 Å². The fraction of sp³-hybridized carbons (Fsp3) is 0.286. The molecule has 0 bridgehead atoms. The molecular formula is C21H23NO4. The molecule has 26 heavy (non-hydrogen) atoms. The maximum Gasteiger partial charge on any atom is 0.310 e. The summed E-state index contributed by atoms with van der Waals surface area (Å²) in [7, 11) is 0. The van der Waals surface area contributed by atoms with Crippen LogP contribution in [0.15, 0.2) is 48.5 Å². The second kappa shape index (κ2) is 9.51. The Kier molecular flexibility index (Phi) is 7.09. The summed E-state index contributed by atoms with van der Waals surface area (Å²) in [6, 6.07) is 14.1. The van der Waals surface area contributed by atoms with Crippen molar-refractivity contribution >= 4 is 23.3 Å². The zero-order chi connectivity index (χ0) is 18.9. The van der Waals surface area contributed by atoms with Gasteiger partial charge in [-0.15, -0.1) is 0 Å². The lowest BCUT2D eigenvalue weighted by Gasteiger charge is -2.07. The van der Waals surface area contributed by atoms with E-state index in [1.807, 2.05) is 38.1 Å². The van der Waals surface area contributed by atoms with E-state index >= 15 is 0 Å². The number of carbonyl (C=O) groups excluding carboxylic acids is 3. The number of nitrogens with one attached hydrogen (secondary N) is 1. The van der Waals surface area contributed by atoms with Crippen molar-refractivity contribution in [2.75, 3.05) is 11.9 Å². The lowest BCUT2D eigenvalue weighted by Crippen LogP contribution is -2.16. The molecule has 0 radical (unpaired) electrons. The van der Waals surface area contributed by atoms with Crippen molar-refractivity contribution in [2.45, 2.75) is 33.1 Å². The third kappa shape index (κ3) is 6.16. The van der Waals surface area contributed by atoms with Crippen LogP contribution in [-0.4, -0.2) is 24.3 Å². The Morgan fingerprint density at radius 1 is 0.962 bits per heavy atom. The first-order valence-corrected chi connectivity index (χ1v) is 8.62. The molecule has 5 heteroatoms. The summed E-state index contributed by atoms with van der Waals surface area (Å²) in [5, 5.41) is 2.75. The largest absolute Gasteiger partial charge is 0.457 e. The summed E-state index contributed by atoms with van der Waals surface area (Å²) < 4.78 is 5.06. The number of esters is 1. The van der Waals surface area contributed by atoms with Gasteiger partial charge in [-0.25, -0.2) is 0 Å². The quantitative estimate of drug-likeness (QED) is 0.580. The molecule has 0 aliphatic carbocycles. The highest BCUT2D eigenvalue weighted by atomic mass is 16.5. The van der Waals surface area contributed by atoms with Gasteiger partial charge in [-0.3, -0.25) is 14.4 Å². The number of carbonyl (C=O) groups is 3. The standard InChI is InChI=1S/C21H23NO4/c1-3-4-20(24)22-18-11-9-17(10-12-18)19(23)14-26-21(25)13-16-7-5-15(2)6-8-16/h5-12H,3-4,13-14H2,1-2H3,(H,22,24). The average molecular weight is 353 g/mol. The van der Waals surface area contributed by atoms with Crippen LogP contribution < -0.4 is 5.32 Å². The van der Waals surface area contributed by atoms with Crippen LogP contribution in [0.5, 0.6) is 0 Å². The molecule has 0 unspecified atom stereocenters. The highest BCUT2D eigenvalue weighted by molar-refractivity contribution is 5.98. The highest BCUT2D eigenvalue weighted by Crippen LogP contribution is 2.11. The zero-order valence-corrected chi connectivity index (χ0v) is 15.1. The predicted molar refractivity (Wildman–Crippen MR) is 100 cm³/mol. The van der Waals surface area contributed by atoms with Crippen LogP contribution >= 0.6 is 0 Å². The first-order chi connectivity index (χ1) is 12.5. The minimum atomic E-state index is -0.439. The van der Waals surface area contributed by atoms with Gasteiger partial charge in [-0.05, 0) is 43.2 Å². The maximum absolute atomic E-state index is 12.1. The topological polar surface area (TPSA) is 72.5 Å². The number of anilines is 1. The van der Waals surface area contributed by atoms with Crippen LogP contribution in [0.1, 0.15) is 41.3 Å². The molecule has 0 aromatic heterocycles. The van der Waals surface area contributed by atoms with E-state index in [0.29, 0.717) is 17.7 Å². The van der Waals surface area contributed by atoms with Crippen molar-refractivity contribution in [2.24, 2.45) is 0 Å². The van der Waals surface area contributed by atoms with Crippen molar-refractivity contribution in [3.8, 4) is 0 Å². The third-order valence-electron chi connectivity index (χ3n) is 3.80. The van der Waals surface area contributed by atoms with Gasteiger partial charge in [0.05, 0.1) is 6.42 Å². The van der Waals surface area contributed by atoms with Gasteiger partial charge in [-0.1, -0.05) is 36.8 Å². The molecule has 0 atom stereocenters. The summed E-state index contributed by atoms with van der Waals surface area (Å²) in [5.41, 5.74) is 3.03. The van der Waals surface area contributed by atoms with Crippen molar-refractivity contribution < 1.29 is 19.1 Å². The number of hydrogen-bond donors (Lipinski definition) is 1. The van der Waals surface area contributed by atoms with Gasteiger partial charge < -0.3 is 10.1 Å². The molecule has 2 aromatic rings. The minimum absolute atomic E-state index is 0.0587. The Morgan fingerprint density at radius 3 is 2.23 bits per heavy atom. The molecule has 5 nitrogen and oxygen atoms in total. The first kappa shape index (κ1) is 19.4. The van der Waals surface area contributed by atoms with E-state index in [1.54, 1.807) is 24.3 Å². The van der Waals surface area contributed by atoms with E-state index in [9.17, 15) is 14.4 Å². The molecule has 2 aromatic carbocycles. The molecule has 0 fully saturated rings. The summed E-state index contributed by atoms with van der Waals surface area (Å²) in [6.07, 6.45) is 1.37. The van der Waals surface area contributed by atoms with E-state index < -0.39 is 5.97 Å². The number of ketones is 1. The van der Waals surface area contributed by atoms with Crippen LogP contribution in [0.3, 0.4) is 0 Å². The maximum atomic E-state index is 12.1. The lowest BCUT2D eigenvalue weighted by atomic mass is 10.1. The smallest absolute Gasteiger partial charge is 0.310 e. The molecular weight excluding hydrogens is 330 g/mol. The van der Waals surface area contributed by atoms with Crippen molar-refractivity contribution in [1.82, 2.24) is 0 Å². The Balaban J connectivity index is 1.82. The SMILES string of the molecule is CCCC(=O)Nc1ccc(C(=O)COC(=O)Cc2ccc(C)cc2)cc1. The number of hydrogen-bond acceptors (Lipinski definition) is 4. The van der Waals surface area contributed by atoms with Gasteiger partial charge in [0.1, 0.15) is 0 Å². The number of aryl methyl sites for hydroxylation is 1.